The van der Waals surface area contributed by atoms with Gasteiger partial charge in [-0.1, -0.05) is 0 Å². The van der Waals surface area contributed by atoms with Gasteiger partial charge in [0, 0.05) is 12.1 Å². The lowest BCUT2D eigenvalue weighted by Gasteiger charge is -2.34. The summed E-state index contributed by atoms with van der Waals surface area (Å²) < 4.78 is 24.1. The summed E-state index contributed by atoms with van der Waals surface area (Å²) in [5.74, 6) is 0. The van der Waals surface area contributed by atoms with Crippen molar-refractivity contribution in [2.24, 2.45) is 0 Å². The third kappa shape index (κ3) is 2.14. The Morgan fingerprint density at radius 3 is 2.67 bits per heavy atom. The van der Waals surface area contributed by atoms with Crippen molar-refractivity contribution in [2.45, 2.75) is 25.3 Å². The molecule has 72 valence electrons. The van der Waals surface area contributed by atoms with Gasteiger partial charge in [-0.15, -0.1) is 0 Å². The number of nitrogens with one attached hydrogen (secondary N) is 1. The molecule has 0 amide bonds. The zero-order valence-electron chi connectivity index (χ0n) is 7.61. The summed E-state index contributed by atoms with van der Waals surface area (Å²) in [4.78, 5) is 1.75. The molecular weight excluding hydrogens is 162 g/mol. The van der Waals surface area contributed by atoms with Gasteiger partial charge in [-0.05, 0) is 26.9 Å². The van der Waals surface area contributed by atoms with Crippen LogP contribution in [0.5, 0.6) is 0 Å². The molecule has 4 heteroatoms. The van der Waals surface area contributed by atoms with Crippen molar-refractivity contribution >= 4 is 0 Å². The topological polar surface area (TPSA) is 15.3 Å². The van der Waals surface area contributed by atoms with E-state index in [1.54, 1.807) is 11.9 Å². The van der Waals surface area contributed by atoms with E-state index >= 15 is 0 Å². The number of hydrogen-bond acceptors (Lipinski definition) is 2. The molecule has 2 nitrogen and oxygen atoms in total. The van der Waals surface area contributed by atoms with Crippen LogP contribution in [-0.2, 0) is 0 Å². The van der Waals surface area contributed by atoms with Gasteiger partial charge in [0.25, 0.3) is 6.43 Å². The highest BCUT2D eigenvalue weighted by atomic mass is 19.3. The van der Waals surface area contributed by atoms with Crippen molar-refractivity contribution in [1.29, 1.82) is 0 Å². The Hall–Kier alpha value is -0.220. The van der Waals surface area contributed by atoms with Crippen LogP contribution in [0.25, 0.3) is 0 Å². The first-order valence-corrected chi connectivity index (χ1v) is 4.25. The maximum absolute atomic E-state index is 12.0. The lowest BCUT2D eigenvalue weighted by atomic mass is 10.00. The number of alkyl halides is 2. The molecule has 0 radical (unpaired) electrons. The van der Waals surface area contributed by atoms with E-state index < -0.39 is 6.43 Å². The van der Waals surface area contributed by atoms with Crippen molar-refractivity contribution in [1.82, 2.24) is 10.2 Å². The number of hydrogen-bond donors (Lipinski definition) is 1. The minimum absolute atomic E-state index is 0.0730. The van der Waals surface area contributed by atoms with Crippen LogP contribution in [0.3, 0.4) is 0 Å². The van der Waals surface area contributed by atoms with Crippen LogP contribution in [0.1, 0.15) is 13.3 Å². The van der Waals surface area contributed by atoms with Crippen molar-refractivity contribution in [2.75, 3.05) is 26.7 Å². The van der Waals surface area contributed by atoms with E-state index in [2.05, 4.69) is 5.32 Å². The molecule has 1 rings (SSSR count). The highest BCUT2D eigenvalue weighted by Gasteiger charge is 2.33. The molecule has 1 saturated heterocycles. The molecule has 1 N–H and O–H groups in total. The van der Waals surface area contributed by atoms with E-state index in [1.807, 2.05) is 6.92 Å². The van der Waals surface area contributed by atoms with Crippen LogP contribution in [0.15, 0.2) is 0 Å². The van der Waals surface area contributed by atoms with Crippen molar-refractivity contribution in [3.05, 3.63) is 0 Å². The summed E-state index contributed by atoms with van der Waals surface area (Å²) in [6, 6.07) is 0. The maximum Gasteiger partial charge on any atom is 0.251 e. The largest absolute Gasteiger partial charge is 0.315 e. The summed E-state index contributed by atoms with van der Waals surface area (Å²) in [5.41, 5.74) is -0.0730. The van der Waals surface area contributed by atoms with Crippen LogP contribution < -0.4 is 5.32 Å². The lowest BCUT2D eigenvalue weighted by Crippen LogP contribution is -2.47. The monoisotopic (exact) mass is 178 g/mol. The SMILES string of the molecule is CN(CC(F)F)[C@]1(C)CCNC1. The molecule has 12 heavy (non-hydrogen) atoms. The van der Waals surface area contributed by atoms with Crippen LogP contribution in [-0.4, -0.2) is 43.5 Å². The van der Waals surface area contributed by atoms with Crippen molar-refractivity contribution in [3.8, 4) is 0 Å². The van der Waals surface area contributed by atoms with Crippen LogP contribution in [0.4, 0.5) is 8.78 Å². The molecule has 0 spiro atoms. The second-order valence-corrected chi connectivity index (χ2v) is 3.70. The number of likely N-dealkylation sites (N-methyl/N-ethyl adjacent to an activating group) is 1. The predicted molar refractivity (Wildman–Crippen MR) is 44.5 cm³/mol. The van der Waals surface area contributed by atoms with E-state index in [4.69, 9.17) is 0 Å². The van der Waals surface area contributed by atoms with Gasteiger partial charge in [0.2, 0.25) is 0 Å². The standard InChI is InChI=1S/C8H16F2N2/c1-8(3-4-11-6-8)12(2)5-7(9)10/h7,11H,3-6H2,1-2H3/t8-/m1/s1. The third-order valence-corrected chi connectivity index (χ3v) is 2.68. The molecule has 0 aromatic rings. The van der Waals surface area contributed by atoms with E-state index in [1.165, 1.54) is 0 Å². The van der Waals surface area contributed by atoms with Gasteiger partial charge in [0.15, 0.2) is 0 Å². The summed E-state index contributed by atoms with van der Waals surface area (Å²) >= 11 is 0. The fourth-order valence-corrected chi connectivity index (χ4v) is 1.56. The first-order valence-electron chi connectivity index (χ1n) is 4.25. The Morgan fingerprint density at radius 1 is 1.58 bits per heavy atom. The van der Waals surface area contributed by atoms with Crippen LogP contribution in [0.2, 0.25) is 0 Å². The zero-order valence-corrected chi connectivity index (χ0v) is 7.61. The Kier molecular flexibility index (Phi) is 3.01. The van der Waals surface area contributed by atoms with Gasteiger partial charge >= 0.3 is 0 Å². The molecule has 0 aliphatic carbocycles. The molecule has 0 bridgehead atoms. The van der Waals surface area contributed by atoms with Gasteiger partial charge in [-0.25, -0.2) is 8.78 Å². The molecule has 1 heterocycles. The van der Waals surface area contributed by atoms with E-state index in [9.17, 15) is 8.78 Å². The Balaban J connectivity index is 2.44. The molecule has 1 atom stereocenters. The van der Waals surface area contributed by atoms with Gasteiger partial charge in [0.05, 0.1) is 6.54 Å². The van der Waals surface area contributed by atoms with E-state index in [0.717, 1.165) is 19.5 Å². The summed E-state index contributed by atoms with van der Waals surface area (Å²) in [6.07, 6.45) is -1.27. The van der Waals surface area contributed by atoms with Gasteiger partial charge in [-0.3, -0.25) is 4.90 Å². The minimum atomic E-state index is -2.23. The van der Waals surface area contributed by atoms with Gasteiger partial charge < -0.3 is 5.32 Å². The average molecular weight is 178 g/mol. The highest BCUT2D eigenvalue weighted by Crippen LogP contribution is 2.21. The first kappa shape index (κ1) is 9.86. The molecular formula is C8H16F2N2. The maximum atomic E-state index is 12.0. The van der Waals surface area contributed by atoms with Crippen molar-refractivity contribution in [3.63, 3.8) is 0 Å². The van der Waals surface area contributed by atoms with Crippen LogP contribution >= 0.6 is 0 Å². The van der Waals surface area contributed by atoms with Gasteiger partial charge in [-0.2, -0.15) is 0 Å². The number of rotatable bonds is 3. The summed E-state index contributed by atoms with van der Waals surface area (Å²) in [5, 5.41) is 3.18. The second kappa shape index (κ2) is 3.66. The Bertz CT molecular complexity index is 144. The predicted octanol–water partition coefficient (Wildman–Crippen LogP) is 0.935. The first-order chi connectivity index (χ1) is 5.54. The Morgan fingerprint density at radius 2 is 2.25 bits per heavy atom. The fourth-order valence-electron chi connectivity index (χ4n) is 1.56. The average Bonchev–Trinajstić information content (AvgIpc) is 2.36. The third-order valence-electron chi connectivity index (χ3n) is 2.68. The molecule has 0 unspecified atom stereocenters. The highest BCUT2D eigenvalue weighted by molar-refractivity contribution is 4.92. The molecule has 1 aliphatic rings. The number of halogens is 2. The fraction of sp³-hybridized carbons (Fsp3) is 1.00. The quantitative estimate of drug-likeness (QED) is 0.691. The lowest BCUT2D eigenvalue weighted by molar-refractivity contribution is 0.0527. The second-order valence-electron chi connectivity index (χ2n) is 3.70. The van der Waals surface area contributed by atoms with E-state index in [0.29, 0.717) is 0 Å². The van der Waals surface area contributed by atoms with E-state index in [-0.39, 0.29) is 12.1 Å². The minimum Gasteiger partial charge on any atom is -0.315 e. The smallest absolute Gasteiger partial charge is 0.251 e. The molecule has 0 aromatic carbocycles. The van der Waals surface area contributed by atoms with Crippen molar-refractivity contribution < 1.29 is 8.78 Å². The summed E-state index contributed by atoms with van der Waals surface area (Å²) in [7, 11) is 1.76. The molecule has 1 fully saturated rings. The normalized spacial score (nSPS) is 30.5. The molecule has 0 saturated carbocycles. The van der Waals surface area contributed by atoms with Crippen LogP contribution in [0, 0.1) is 0 Å². The molecule has 1 aliphatic heterocycles. The summed E-state index contributed by atoms with van der Waals surface area (Å²) in [6.45, 7) is 3.65. The van der Waals surface area contributed by atoms with Gasteiger partial charge in [0.1, 0.15) is 0 Å². The molecule has 0 aromatic heterocycles. The zero-order chi connectivity index (χ0) is 9.19. The Labute approximate surface area is 71.9 Å². The number of nitrogens with zero attached hydrogens (tertiary/aromatic N) is 1.